The van der Waals surface area contributed by atoms with Gasteiger partial charge in [-0.1, -0.05) is 25.6 Å². The number of carbonyl (C=O) groups is 15. The summed E-state index contributed by atoms with van der Waals surface area (Å²) >= 11 is 0. The monoisotopic (exact) mass is 1180 g/mol. The highest BCUT2D eigenvalue weighted by atomic mass is 16.5. The van der Waals surface area contributed by atoms with Crippen LogP contribution in [0.25, 0.3) is 0 Å². The second kappa shape index (κ2) is 34.1. The number of aliphatic hydroxyl groups excluding tert-OH is 2. The number of aliphatic carboxylic acids is 3. The Balaban J connectivity index is 2.84. The predicted octanol–water partition coefficient (Wildman–Crippen LogP) is -7.24. The van der Waals surface area contributed by atoms with Crippen LogP contribution in [-0.4, -0.2) is 208 Å². The van der Waals surface area contributed by atoms with Gasteiger partial charge in [0.25, 0.3) is 0 Å². The van der Waals surface area contributed by atoms with E-state index in [0.29, 0.717) is 0 Å². The molecule has 10 amide bonds. The molecule has 1 heterocycles. The maximum absolute atomic E-state index is 14.3. The van der Waals surface area contributed by atoms with Crippen molar-refractivity contribution in [2.24, 2.45) is 11.7 Å². The van der Waals surface area contributed by atoms with Crippen LogP contribution in [0.5, 0.6) is 0 Å². The highest BCUT2D eigenvalue weighted by Gasteiger charge is 2.39. The number of hydrogen-bond donors (Lipinski definition) is 18. The van der Waals surface area contributed by atoms with Gasteiger partial charge < -0.3 is 100 Å². The minimum absolute atomic E-state index is 0.107. The number of nitrogen functional groups attached to an aromatic ring is 1. The molecule has 11 atom stereocenters. The molecule has 0 saturated carbocycles. The number of ether oxygens (including phenoxy) is 1. The molecule has 0 aliphatic carbocycles. The second-order valence-electron chi connectivity index (χ2n) is 19.0. The normalized spacial score (nSPS) is 24.2. The fraction of sp³-hybridized carbons (Fsp3) is 0.531. The highest BCUT2D eigenvalue weighted by Crippen LogP contribution is 2.17. The number of para-hydroxylation sites is 1. The van der Waals surface area contributed by atoms with Gasteiger partial charge in [-0.05, 0) is 58.3 Å². The summed E-state index contributed by atoms with van der Waals surface area (Å²) in [6.07, 6.45) is -6.67. The number of hydrogen-bond acceptors (Lipinski definition) is 21. The molecular formula is C49H71N13O21. The largest absolute Gasteiger partial charge is 0.513 e. The van der Waals surface area contributed by atoms with Crippen molar-refractivity contribution < 1.29 is 102 Å². The van der Waals surface area contributed by atoms with Gasteiger partial charge in [0.2, 0.25) is 59.1 Å². The van der Waals surface area contributed by atoms with Gasteiger partial charge in [-0.2, -0.15) is 0 Å². The molecule has 0 aromatic heterocycles. The summed E-state index contributed by atoms with van der Waals surface area (Å²) in [7, 11) is 1.55. The molecule has 83 heavy (non-hydrogen) atoms. The van der Waals surface area contributed by atoms with E-state index in [1.165, 1.54) is 24.3 Å². The quantitative estimate of drug-likeness (QED) is 0.0201. The molecule has 20 N–H and O–H groups in total. The standard InChI is InChI=1S/C49H71N13O21/c1-21(13-36(68)69)39-48(81)60-31(16-33(65)25-9-6-7-10-26(25)50)49(82)83-24(4)40(62-42(75)27(51)15-37(70)71)47(80)54-19-34(66)56-28(11-8-12-52-5)44(77)59-30(17-38(72)73)45(78)55-23(3)41(74)58-29(14-22(2)64)43(76)53-18-35(67)57-32(20-63)46(79)61-39/h6-7,9-10,21,23-24,27-32,39-40,52,63-64H,2,8,11-20,50-51H2,1,3-5H3,(H,53,76)(H,54,80)(H,55,78)(H,56,66)(H,57,67)(H,58,74)(H,59,77)(H,60,81)(H,61,79)(H,62,75)(H,68,69)(H,70,71)(H,72,73). The van der Waals surface area contributed by atoms with Gasteiger partial charge in [0.1, 0.15) is 54.4 Å². The molecule has 34 nitrogen and oxygen atoms in total. The van der Waals surface area contributed by atoms with Crippen LogP contribution in [0, 0.1) is 5.92 Å². The van der Waals surface area contributed by atoms with Gasteiger partial charge in [-0.15, -0.1) is 0 Å². The molecule has 0 spiro atoms. The van der Waals surface area contributed by atoms with Gasteiger partial charge in [0.05, 0.1) is 50.8 Å². The summed E-state index contributed by atoms with van der Waals surface area (Å²) in [4.78, 5) is 199. The van der Waals surface area contributed by atoms with Gasteiger partial charge in [-0.25, -0.2) is 4.79 Å². The number of ketones is 1. The van der Waals surface area contributed by atoms with Crippen molar-refractivity contribution in [2.45, 2.75) is 126 Å². The van der Waals surface area contributed by atoms with Crippen LogP contribution in [0.1, 0.15) is 76.1 Å². The maximum Gasteiger partial charge on any atom is 0.329 e. The number of carboxylic acid groups (broad SMARTS) is 3. The predicted molar refractivity (Wildman–Crippen MR) is 283 cm³/mol. The van der Waals surface area contributed by atoms with Crippen LogP contribution < -0.4 is 70.0 Å². The summed E-state index contributed by atoms with van der Waals surface area (Å²) < 4.78 is 5.52. The molecule has 1 fully saturated rings. The summed E-state index contributed by atoms with van der Waals surface area (Å²) in [5.41, 5.74) is 11.5. The van der Waals surface area contributed by atoms with Gasteiger partial charge in [0, 0.05) is 24.1 Å². The molecule has 1 aromatic carbocycles. The fourth-order valence-electron chi connectivity index (χ4n) is 7.67. The SMILES string of the molecule is C=C(O)CC1NC(=O)C(C)NC(=O)C(CC(=O)O)NC(=O)C(CCCNC)NC(=O)CNC(=O)C(NC(=O)C(N)CC(=O)O)C(C)OC(=O)C(CC(=O)c2ccccc2N)NC(=O)C(C(C)CC(=O)O)NC(=O)C(CO)NC(=O)CNC1=O. The number of nitrogens with two attached hydrogens (primary N) is 2. The molecule has 0 radical (unpaired) electrons. The van der Waals surface area contributed by atoms with Crippen molar-refractivity contribution in [3.63, 3.8) is 0 Å². The number of Topliss-reactive ketones (excluding diaryl/α,β-unsaturated/α-hetero) is 1. The lowest BCUT2D eigenvalue weighted by Crippen LogP contribution is -2.60. The molecule has 11 unspecified atom stereocenters. The molecule has 1 aromatic rings. The zero-order chi connectivity index (χ0) is 62.8. The van der Waals surface area contributed by atoms with E-state index in [4.69, 9.17) is 16.2 Å². The van der Waals surface area contributed by atoms with Crippen LogP contribution >= 0.6 is 0 Å². The number of amides is 10. The van der Waals surface area contributed by atoms with Crippen LogP contribution in [0.15, 0.2) is 36.6 Å². The lowest BCUT2D eigenvalue weighted by atomic mass is 9.96. The average molecular weight is 1180 g/mol. The number of cyclic esters (lactones) is 1. The van der Waals surface area contributed by atoms with Crippen molar-refractivity contribution in [2.75, 3.05) is 39.0 Å². The van der Waals surface area contributed by atoms with Crippen LogP contribution in [0.2, 0.25) is 0 Å². The minimum atomic E-state index is -2.15. The summed E-state index contributed by atoms with van der Waals surface area (Å²) in [5, 5.41) is 73.3. The maximum atomic E-state index is 14.3. The number of esters is 1. The van der Waals surface area contributed by atoms with E-state index in [1.807, 2.05) is 0 Å². The molecule has 1 aliphatic heterocycles. The topological polar surface area (TPSA) is 551 Å². The van der Waals surface area contributed by atoms with Crippen molar-refractivity contribution in [1.82, 2.24) is 58.5 Å². The number of anilines is 1. The number of carbonyl (C=O) groups excluding carboxylic acids is 12. The van der Waals surface area contributed by atoms with Crippen molar-refractivity contribution >= 4 is 94.4 Å². The molecular weight excluding hydrogens is 1110 g/mol. The van der Waals surface area contributed by atoms with Crippen LogP contribution in [-0.2, 0) is 71.9 Å². The Morgan fingerprint density at radius 1 is 0.663 bits per heavy atom. The van der Waals surface area contributed by atoms with Crippen molar-refractivity contribution in [3.05, 3.63) is 42.2 Å². The Morgan fingerprint density at radius 3 is 1.77 bits per heavy atom. The van der Waals surface area contributed by atoms with E-state index in [0.717, 1.165) is 20.8 Å². The number of aliphatic hydroxyl groups is 2. The fourth-order valence-corrected chi connectivity index (χ4v) is 7.67. The first-order chi connectivity index (χ1) is 38.9. The third-order valence-corrected chi connectivity index (χ3v) is 12.1. The second-order valence-corrected chi connectivity index (χ2v) is 19.0. The zero-order valence-corrected chi connectivity index (χ0v) is 45.6. The third-order valence-electron chi connectivity index (χ3n) is 12.1. The first-order valence-corrected chi connectivity index (χ1v) is 25.5. The summed E-state index contributed by atoms with van der Waals surface area (Å²) in [6, 6.07) is -11.6. The van der Waals surface area contributed by atoms with E-state index < -0.39 is 213 Å². The van der Waals surface area contributed by atoms with E-state index >= 15 is 0 Å². The van der Waals surface area contributed by atoms with E-state index in [-0.39, 0.29) is 30.6 Å². The zero-order valence-electron chi connectivity index (χ0n) is 45.6. The van der Waals surface area contributed by atoms with E-state index in [1.54, 1.807) is 7.05 Å². The average Bonchev–Trinajstić information content (AvgIpc) is 3.39. The Labute approximate surface area is 473 Å². The van der Waals surface area contributed by atoms with Gasteiger partial charge >= 0.3 is 23.9 Å². The number of rotatable bonds is 19. The Morgan fingerprint density at radius 2 is 1.20 bits per heavy atom. The number of nitrogens with one attached hydrogen (secondary N) is 11. The molecule has 1 aliphatic rings. The Hall–Kier alpha value is -9.31. The van der Waals surface area contributed by atoms with Gasteiger partial charge in [0.15, 0.2) is 5.78 Å². The molecule has 0 bridgehead atoms. The van der Waals surface area contributed by atoms with Crippen LogP contribution in [0.4, 0.5) is 5.69 Å². The third kappa shape index (κ3) is 24.1. The first-order valence-electron chi connectivity index (χ1n) is 25.5. The Bertz CT molecular complexity index is 2620. The van der Waals surface area contributed by atoms with E-state index in [9.17, 15) is 97.5 Å². The Kier molecular flexibility index (Phi) is 28.7. The lowest BCUT2D eigenvalue weighted by Gasteiger charge is -2.29. The molecule has 34 heteroatoms. The molecule has 2 rings (SSSR count). The summed E-state index contributed by atoms with van der Waals surface area (Å²) in [5.74, 6) is -21.8. The molecule has 458 valence electrons. The lowest BCUT2D eigenvalue weighted by molar-refractivity contribution is -0.156. The van der Waals surface area contributed by atoms with Crippen molar-refractivity contribution in [1.29, 1.82) is 0 Å². The number of carboxylic acids is 3. The van der Waals surface area contributed by atoms with Crippen LogP contribution in [0.3, 0.4) is 0 Å². The minimum Gasteiger partial charge on any atom is -0.513 e. The number of benzene rings is 1. The highest BCUT2D eigenvalue weighted by molar-refractivity contribution is 6.04. The van der Waals surface area contributed by atoms with E-state index in [2.05, 4.69) is 65.1 Å². The first kappa shape index (κ1) is 69.8. The summed E-state index contributed by atoms with van der Waals surface area (Å²) in [6.45, 7) is 3.44. The molecule has 1 saturated heterocycles. The smallest absolute Gasteiger partial charge is 0.329 e. The van der Waals surface area contributed by atoms with Crippen molar-refractivity contribution in [3.8, 4) is 0 Å². The van der Waals surface area contributed by atoms with Gasteiger partial charge in [-0.3, -0.25) is 67.1 Å².